The lowest BCUT2D eigenvalue weighted by Gasteiger charge is -2.17. The Labute approximate surface area is 90.1 Å². The highest BCUT2D eigenvalue weighted by Gasteiger charge is 2.20. The van der Waals surface area contributed by atoms with Crippen molar-refractivity contribution in [3.05, 3.63) is 30.6 Å². The third kappa shape index (κ3) is 2.18. The summed E-state index contributed by atoms with van der Waals surface area (Å²) in [6, 6.07) is 4.01. The van der Waals surface area contributed by atoms with Crippen molar-refractivity contribution in [1.82, 2.24) is 4.98 Å². The summed E-state index contributed by atoms with van der Waals surface area (Å²) in [6.45, 7) is 7.42. The molecule has 1 aromatic heterocycles. The van der Waals surface area contributed by atoms with E-state index < -0.39 is 0 Å². The molecule has 0 radical (unpaired) electrons. The molecule has 0 spiro atoms. The number of rotatable bonds is 2. The first-order valence-corrected chi connectivity index (χ1v) is 5.22. The van der Waals surface area contributed by atoms with Gasteiger partial charge in [0, 0.05) is 13.1 Å². The fourth-order valence-electron chi connectivity index (χ4n) is 1.80. The molecule has 80 valence electrons. The van der Waals surface area contributed by atoms with Crippen LogP contribution in [0.2, 0.25) is 0 Å². The van der Waals surface area contributed by atoms with Crippen LogP contribution in [-0.4, -0.2) is 29.3 Å². The number of nitrogens with zero attached hydrogens (tertiary/aromatic N) is 2. The molecule has 1 N–H and O–H groups in total. The number of aromatic nitrogens is 1. The summed E-state index contributed by atoms with van der Waals surface area (Å²) in [4.78, 5) is 6.48. The molecule has 1 aliphatic heterocycles. The number of allylic oxidation sites excluding steroid dienone is 1. The summed E-state index contributed by atoms with van der Waals surface area (Å²) < 4.78 is 0. The first kappa shape index (κ1) is 10.2. The molecule has 0 bridgehead atoms. The molecule has 0 saturated carbocycles. The van der Waals surface area contributed by atoms with Crippen molar-refractivity contribution in [3.8, 4) is 0 Å². The maximum atomic E-state index is 9.43. The molecule has 2 heterocycles. The van der Waals surface area contributed by atoms with Crippen LogP contribution in [0.3, 0.4) is 0 Å². The molecule has 3 nitrogen and oxygen atoms in total. The van der Waals surface area contributed by atoms with Crippen LogP contribution in [0, 0.1) is 0 Å². The largest absolute Gasteiger partial charge is 0.391 e. The fourth-order valence-corrected chi connectivity index (χ4v) is 1.80. The number of aliphatic hydroxyl groups excluding tert-OH is 1. The predicted octanol–water partition coefficient (Wildman–Crippen LogP) is 1.69. The van der Waals surface area contributed by atoms with Crippen LogP contribution in [0.25, 0.3) is 5.57 Å². The van der Waals surface area contributed by atoms with Crippen molar-refractivity contribution >= 4 is 11.3 Å². The molecule has 0 unspecified atom stereocenters. The molecule has 1 aromatic rings. The molecule has 3 heteroatoms. The predicted molar refractivity (Wildman–Crippen MR) is 61.8 cm³/mol. The average molecular weight is 204 g/mol. The van der Waals surface area contributed by atoms with Crippen LogP contribution >= 0.6 is 0 Å². The molecule has 2 rings (SSSR count). The van der Waals surface area contributed by atoms with Crippen LogP contribution in [0.4, 0.5) is 5.69 Å². The zero-order chi connectivity index (χ0) is 10.8. The van der Waals surface area contributed by atoms with E-state index in [-0.39, 0.29) is 6.10 Å². The molecule has 0 aliphatic carbocycles. The number of aliphatic hydroxyl groups is 1. The van der Waals surface area contributed by atoms with Crippen molar-refractivity contribution in [1.29, 1.82) is 0 Å². The summed E-state index contributed by atoms with van der Waals surface area (Å²) in [7, 11) is 0. The Kier molecular flexibility index (Phi) is 2.73. The van der Waals surface area contributed by atoms with Gasteiger partial charge in [0.05, 0.1) is 23.7 Å². The fraction of sp³-hybridized carbons (Fsp3) is 0.417. The van der Waals surface area contributed by atoms with E-state index in [2.05, 4.69) is 16.5 Å². The SMILES string of the molecule is C=C(C)c1ccc(N2CC[C@H](O)C2)cn1. The number of anilines is 1. The first-order valence-electron chi connectivity index (χ1n) is 5.22. The summed E-state index contributed by atoms with van der Waals surface area (Å²) in [5.74, 6) is 0. The van der Waals surface area contributed by atoms with Crippen LogP contribution in [0.5, 0.6) is 0 Å². The number of hydrogen-bond acceptors (Lipinski definition) is 3. The van der Waals surface area contributed by atoms with Gasteiger partial charge in [-0.25, -0.2) is 0 Å². The monoisotopic (exact) mass is 204 g/mol. The average Bonchev–Trinajstić information content (AvgIpc) is 2.65. The van der Waals surface area contributed by atoms with Crippen molar-refractivity contribution in [2.45, 2.75) is 19.4 Å². The van der Waals surface area contributed by atoms with E-state index >= 15 is 0 Å². The van der Waals surface area contributed by atoms with Gasteiger partial charge in [-0.05, 0) is 31.1 Å². The molecular weight excluding hydrogens is 188 g/mol. The summed E-state index contributed by atoms with van der Waals surface area (Å²) in [6.07, 6.45) is 2.51. The Morgan fingerprint density at radius 1 is 1.60 bits per heavy atom. The third-order valence-corrected chi connectivity index (χ3v) is 2.71. The van der Waals surface area contributed by atoms with Gasteiger partial charge in [-0.1, -0.05) is 6.58 Å². The van der Waals surface area contributed by atoms with Crippen LogP contribution in [0.15, 0.2) is 24.9 Å². The zero-order valence-corrected chi connectivity index (χ0v) is 8.98. The van der Waals surface area contributed by atoms with Gasteiger partial charge in [0.25, 0.3) is 0 Å². The Morgan fingerprint density at radius 3 is 2.87 bits per heavy atom. The minimum Gasteiger partial charge on any atom is -0.391 e. The minimum atomic E-state index is -0.189. The maximum absolute atomic E-state index is 9.43. The Hall–Kier alpha value is -1.35. The molecule has 1 fully saturated rings. The highest BCUT2D eigenvalue weighted by atomic mass is 16.3. The van der Waals surface area contributed by atoms with E-state index in [0.717, 1.165) is 29.9 Å². The summed E-state index contributed by atoms with van der Waals surface area (Å²) in [5, 5.41) is 9.43. The minimum absolute atomic E-state index is 0.189. The Morgan fingerprint density at radius 2 is 2.40 bits per heavy atom. The van der Waals surface area contributed by atoms with Crippen molar-refractivity contribution < 1.29 is 5.11 Å². The first-order chi connectivity index (χ1) is 7.16. The quantitative estimate of drug-likeness (QED) is 0.796. The lowest BCUT2D eigenvalue weighted by Crippen LogP contribution is -2.21. The maximum Gasteiger partial charge on any atom is 0.0731 e. The molecule has 15 heavy (non-hydrogen) atoms. The van der Waals surface area contributed by atoms with E-state index in [1.54, 1.807) is 0 Å². The number of pyridine rings is 1. The van der Waals surface area contributed by atoms with E-state index in [4.69, 9.17) is 0 Å². The van der Waals surface area contributed by atoms with Gasteiger partial charge in [0.15, 0.2) is 0 Å². The highest BCUT2D eigenvalue weighted by Crippen LogP contribution is 2.20. The third-order valence-electron chi connectivity index (χ3n) is 2.71. The Bertz CT molecular complexity index is 358. The van der Waals surface area contributed by atoms with E-state index in [9.17, 15) is 5.11 Å². The van der Waals surface area contributed by atoms with Gasteiger partial charge in [-0.15, -0.1) is 0 Å². The molecule has 0 amide bonds. The number of β-amino-alcohol motifs (C(OH)–C–C–N with tert-alkyl or cyclic N) is 1. The van der Waals surface area contributed by atoms with Gasteiger partial charge in [-0.3, -0.25) is 4.98 Å². The topological polar surface area (TPSA) is 36.4 Å². The van der Waals surface area contributed by atoms with Crippen molar-refractivity contribution in [2.24, 2.45) is 0 Å². The second-order valence-corrected chi connectivity index (χ2v) is 4.07. The van der Waals surface area contributed by atoms with E-state index in [0.29, 0.717) is 6.54 Å². The van der Waals surface area contributed by atoms with E-state index in [1.165, 1.54) is 0 Å². The Balaban J connectivity index is 2.13. The number of hydrogen-bond donors (Lipinski definition) is 1. The lowest BCUT2D eigenvalue weighted by molar-refractivity contribution is 0.198. The second kappa shape index (κ2) is 4.03. The summed E-state index contributed by atoms with van der Waals surface area (Å²) in [5.41, 5.74) is 2.98. The van der Waals surface area contributed by atoms with Crippen LogP contribution < -0.4 is 4.90 Å². The van der Waals surface area contributed by atoms with Gasteiger partial charge < -0.3 is 10.0 Å². The normalized spacial score (nSPS) is 20.7. The van der Waals surface area contributed by atoms with Gasteiger partial charge >= 0.3 is 0 Å². The molecule has 1 aliphatic rings. The summed E-state index contributed by atoms with van der Waals surface area (Å²) >= 11 is 0. The second-order valence-electron chi connectivity index (χ2n) is 4.07. The van der Waals surface area contributed by atoms with Gasteiger partial charge in [-0.2, -0.15) is 0 Å². The van der Waals surface area contributed by atoms with Crippen molar-refractivity contribution in [3.63, 3.8) is 0 Å². The van der Waals surface area contributed by atoms with Crippen molar-refractivity contribution in [2.75, 3.05) is 18.0 Å². The van der Waals surface area contributed by atoms with Gasteiger partial charge in [0.2, 0.25) is 0 Å². The van der Waals surface area contributed by atoms with Gasteiger partial charge in [0.1, 0.15) is 0 Å². The van der Waals surface area contributed by atoms with Crippen LogP contribution in [0.1, 0.15) is 19.0 Å². The smallest absolute Gasteiger partial charge is 0.0731 e. The van der Waals surface area contributed by atoms with E-state index in [1.807, 2.05) is 25.3 Å². The van der Waals surface area contributed by atoms with Crippen LogP contribution in [-0.2, 0) is 0 Å². The molecule has 0 aromatic carbocycles. The molecule has 1 atom stereocenters. The molecular formula is C12H16N2O. The standard InChI is InChI=1S/C12H16N2O/c1-9(2)12-4-3-10(7-13-12)14-6-5-11(15)8-14/h3-4,7,11,15H,1,5-6,8H2,2H3/t11-/m0/s1. The lowest BCUT2D eigenvalue weighted by atomic mass is 10.2. The molecule has 1 saturated heterocycles. The zero-order valence-electron chi connectivity index (χ0n) is 8.98. The highest BCUT2D eigenvalue weighted by molar-refractivity contribution is 5.59.